The van der Waals surface area contributed by atoms with Crippen LogP contribution in [0.25, 0.3) is 16.8 Å². The lowest BCUT2D eigenvalue weighted by Crippen LogP contribution is -2.46. The van der Waals surface area contributed by atoms with Crippen molar-refractivity contribution >= 4 is 28.7 Å². The van der Waals surface area contributed by atoms with Crippen molar-refractivity contribution in [2.45, 2.75) is 26.3 Å². The van der Waals surface area contributed by atoms with Gasteiger partial charge in [0.25, 0.3) is 11.8 Å². The molecular formula is C24H27N5O2S. The molecule has 8 heteroatoms. The molecule has 7 nitrogen and oxygen atoms in total. The average Bonchev–Trinajstić information content (AvgIpc) is 3.27. The second-order valence-corrected chi connectivity index (χ2v) is 9.05. The highest BCUT2D eigenvalue weighted by molar-refractivity contribution is 7.11. The van der Waals surface area contributed by atoms with Crippen LogP contribution in [-0.4, -0.2) is 53.3 Å². The van der Waals surface area contributed by atoms with E-state index in [2.05, 4.69) is 28.6 Å². The minimum Gasteiger partial charge on any atom is -0.376 e. The molecule has 0 saturated carbocycles. The zero-order valence-electron chi connectivity index (χ0n) is 18.7. The number of hydrogen-bond acceptors (Lipinski definition) is 6. The van der Waals surface area contributed by atoms with E-state index in [0.29, 0.717) is 12.0 Å². The van der Waals surface area contributed by atoms with E-state index in [4.69, 9.17) is 10.2 Å². The quantitative estimate of drug-likeness (QED) is 0.514. The van der Waals surface area contributed by atoms with E-state index >= 15 is 0 Å². The molecule has 0 saturated heterocycles. The summed E-state index contributed by atoms with van der Waals surface area (Å²) in [4.78, 5) is 33.0. The fourth-order valence-corrected chi connectivity index (χ4v) is 4.17. The zero-order valence-corrected chi connectivity index (χ0v) is 19.5. The highest BCUT2D eigenvalue weighted by Crippen LogP contribution is 2.28. The summed E-state index contributed by atoms with van der Waals surface area (Å²) in [7, 11) is 3.43. The highest BCUT2D eigenvalue weighted by Gasteiger charge is 2.25. The van der Waals surface area contributed by atoms with Crippen molar-refractivity contribution in [2.75, 3.05) is 20.6 Å². The number of nitriles is 1. The highest BCUT2D eigenvalue weighted by atomic mass is 32.1. The predicted molar refractivity (Wildman–Crippen MR) is 126 cm³/mol. The second-order valence-electron chi connectivity index (χ2n) is 8.19. The number of thiazole rings is 1. The van der Waals surface area contributed by atoms with Gasteiger partial charge in [-0.15, -0.1) is 11.3 Å². The molecule has 0 radical (unpaired) electrons. The molecule has 0 bridgehead atoms. The van der Waals surface area contributed by atoms with Crippen LogP contribution in [0, 0.1) is 17.4 Å². The van der Waals surface area contributed by atoms with Crippen LogP contribution in [0.3, 0.4) is 0 Å². The van der Waals surface area contributed by atoms with Crippen LogP contribution >= 0.6 is 11.3 Å². The van der Waals surface area contributed by atoms with Crippen molar-refractivity contribution in [2.24, 2.45) is 5.92 Å². The van der Waals surface area contributed by atoms with Gasteiger partial charge in [-0.2, -0.15) is 5.26 Å². The lowest BCUT2D eigenvalue weighted by Gasteiger charge is -2.21. The lowest BCUT2D eigenvalue weighted by molar-refractivity contribution is -0.129. The Balaban J connectivity index is 1.72. The van der Waals surface area contributed by atoms with Gasteiger partial charge in [-0.3, -0.25) is 14.5 Å². The van der Waals surface area contributed by atoms with Crippen LogP contribution in [0.4, 0.5) is 0 Å². The molecule has 166 valence electrons. The average molecular weight is 450 g/mol. The lowest BCUT2D eigenvalue weighted by atomic mass is 10.0. The minimum atomic E-state index is -0.747. The topological polar surface area (TPSA) is 89.3 Å². The first-order valence-corrected chi connectivity index (χ1v) is 11.3. The summed E-state index contributed by atoms with van der Waals surface area (Å²) in [5, 5.41) is 14.7. The first kappa shape index (κ1) is 23.2. The summed E-state index contributed by atoms with van der Waals surface area (Å²) in [6, 6.07) is 6.41. The van der Waals surface area contributed by atoms with Gasteiger partial charge in [0.05, 0.1) is 5.69 Å². The van der Waals surface area contributed by atoms with Gasteiger partial charge in [-0.05, 0) is 24.5 Å². The molecule has 1 atom stereocenters. The van der Waals surface area contributed by atoms with Crippen molar-refractivity contribution in [1.82, 2.24) is 20.1 Å². The first-order valence-electron chi connectivity index (χ1n) is 10.4. The Kier molecular flexibility index (Phi) is 7.44. The maximum absolute atomic E-state index is 12.7. The van der Waals surface area contributed by atoms with E-state index in [0.717, 1.165) is 33.3 Å². The summed E-state index contributed by atoms with van der Waals surface area (Å²) >= 11 is 1.58. The largest absolute Gasteiger partial charge is 0.376 e. The van der Waals surface area contributed by atoms with Crippen LogP contribution in [0.1, 0.15) is 35.6 Å². The molecule has 2 aromatic rings. The van der Waals surface area contributed by atoms with Gasteiger partial charge in [0, 0.05) is 48.9 Å². The third kappa shape index (κ3) is 5.62. The first-order chi connectivity index (χ1) is 15.3. The summed E-state index contributed by atoms with van der Waals surface area (Å²) in [5.74, 6) is -0.578. The fraction of sp³-hybridized carbons (Fsp3) is 0.333. The van der Waals surface area contributed by atoms with Gasteiger partial charge < -0.3 is 10.2 Å². The molecule has 2 amide bonds. The normalized spacial score (nSPS) is 14.0. The Morgan fingerprint density at radius 3 is 2.66 bits per heavy atom. The van der Waals surface area contributed by atoms with Gasteiger partial charge in [0.1, 0.15) is 11.0 Å². The molecule has 0 spiro atoms. The molecule has 1 aromatic carbocycles. The smallest absolute Gasteiger partial charge is 0.257 e. The van der Waals surface area contributed by atoms with Crippen LogP contribution in [0.2, 0.25) is 0 Å². The molecule has 0 fully saturated rings. The predicted octanol–water partition coefficient (Wildman–Crippen LogP) is 3.74. The van der Waals surface area contributed by atoms with E-state index in [1.807, 2.05) is 38.4 Å². The third-order valence-electron chi connectivity index (χ3n) is 5.04. The number of nitrogens with one attached hydrogen (secondary N) is 1. The van der Waals surface area contributed by atoms with Crippen molar-refractivity contribution < 1.29 is 9.59 Å². The molecular weight excluding hydrogens is 422 g/mol. The summed E-state index contributed by atoms with van der Waals surface area (Å²) in [5.41, 5.74) is 3.29. The Labute approximate surface area is 192 Å². The van der Waals surface area contributed by atoms with E-state index < -0.39 is 11.9 Å². The number of likely N-dealkylation sites (N-methyl/N-ethyl adjacent to an activating group) is 2. The number of aromatic nitrogens is 1. The molecule has 1 N–H and O–H groups in total. The number of carbonyl (C=O) groups excluding carboxylic acids is 2. The fourth-order valence-electron chi connectivity index (χ4n) is 3.35. The van der Waals surface area contributed by atoms with Crippen molar-refractivity contribution in [3.63, 3.8) is 0 Å². The van der Waals surface area contributed by atoms with Crippen molar-refractivity contribution in [1.29, 1.82) is 5.26 Å². The zero-order chi connectivity index (χ0) is 23.3. The van der Waals surface area contributed by atoms with Crippen LogP contribution in [0.15, 0.2) is 48.0 Å². The Hall–Kier alpha value is -3.44. The van der Waals surface area contributed by atoms with Gasteiger partial charge in [-0.25, -0.2) is 4.98 Å². The standard InChI is InChI=1S/C24H27N5O2S/c1-16(2)12-20(24(31)29(4)15-25)26-22(30)18-9-7-17(8-10-18)21-14-32-23(27-21)19-6-5-11-28(3)13-19/h5-10,13-14,16,20H,11-12H2,1-4H3,(H,26,30)/t20-/m0/s1. The van der Waals surface area contributed by atoms with Crippen LogP contribution < -0.4 is 5.32 Å². The number of rotatable bonds is 7. The van der Waals surface area contributed by atoms with Gasteiger partial charge in [0.15, 0.2) is 6.19 Å². The van der Waals surface area contributed by atoms with Gasteiger partial charge in [0.2, 0.25) is 0 Å². The monoisotopic (exact) mass is 449 g/mol. The Morgan fingerprint density at radius 1 is 1.31 bits per heavy atom. The molecule has 0 unspecified atom stereocenters. The minimum absolute atomic E-state index is 0.187. The molecule has 2 heterocycles. The van der Waals surface area contributed by atoms with E-state index in [-0.39, 0.29) is 11.8 Å². The van der Waals surface area contributed by atoms with Crippen LogP contribution in [-0.2, 0) is 4.79 Å². The summed E-state index contributed by atoms with van der Waals surface area (Å²) < 4.78 is 0. The summed E-state index contributed by atoms with van der Waals surface area (Å²) in [6.07, 6.45) is 8.52. The van der Waals surface area contributed by atoms with Crippen LogP contribution in [0.5, 0.6) is 0 Å². The Bertz CT molecular complexity index is 1080. The number of hydrogen-bond donors (Lipinski definition) is 1. The molecule has 1 aliphatic rings. The van der Waals surface area contributed by atoms with E-state index in [9.17, 15) is 9.59 Å². The van der Waals surface area contributed by atoms with E-state index in [1.165, 1.54) is 7.05 Å². The molecule has 32 heavy (non-hydrogen) atoms. The number of benzene rings is 1. The summed E-state index contributed by atoms with van der Waals surface area (Å²) in [6.45, 7) is 4.82. The number of amides is 2. The maximum atomic E-state index is 12.7. The molecule has 1 aliphatic heterocycles. The van der Waals surface area contributed by atoms with Crippen molar-refractivity contribution in [3.05, 3.63) is 58.6 Å². The van der Waals surface area contributed by atoms with E-state index in [1.54, 1.807) is 29.7 Å². The third-order valence-corrected chi connectivity index (χ3v) is 5.93. The molecule has 1 aromatic heterocycles. The molecule has 0 aliphatic carbocycles. The molecule has 3 rings (SSSR count). The number of allylic oxidation sites excluding steroid dienone is 2. The SMILES string of the molecule is CC(C)C[C@H](NC(=O)c1ccc(-c2csc(C3=CN(C)CC=C3)n2)cc1)C(=O)N(C)C#N. The second kappa shape index (κ2) is 10.2. The van der Waals surface area contributed by atoms with Crippen molar-refractivity contribution in [3.8, 4) is 17.5 Å². The number of carbonyl (C=O) groups is 2. The maximum Gasteiger partial charge on any atom is 0.257 e. The Morgan fingerprint density at radius 2 is 2.03 bits per heavy atom. The van der Waals surface area contributed by atoms with Gasteiger partial charge in [-0.1, -0.05) is 38.1 Å². The number of nitrogens with zero attached hydrogens (tertiary/aromatic N) is 4. The van der Waals surface area contributed by atoms with Gasteiger partial charge >= 0.3 is 0 Å².